The molecule has 0 aliphatic heterocycles. The van der Waals surface area contributed by atoms with Gasteiger partial charge in [0.1, 0.15) is 5.82 Å². The van der Waals surface area contributed by atoms with E-state index in [4.69, 9.17) is 16.6 Å². The van der Waals surface area contributed by atoms with Crippen LogP contribution in [-0.2, 0) is 12.2 Å². The molecule has 0 saturated carbocycles. The van der Waals surface area contributed by atoms with Crippen molar-refractivity contribution in [3.05, 3.63) is 81.9 Å². The molecule has 0 radical (unpaired) electrons. The Balaban J connectivity index is 2.22. The van der Waals surface area contributed by atoms with E-state index in [1.807, 2.05) is 36.4 Å². The second-order valence-electron chi connectivity index (χ2n) is 8.25. The number of nitrogens with zero attached hydrogens (tertiary/aromatic N) is 1. The van der Waals surface area contributed by atoms with Crippen LogP contribution in [0.25, 0.3) is 11.1 Å². The monoisotopic (exact) mass is 457 g/mol. The standard InChI is InChI=1S/C26H29ClFNOS/c1-16(2)25-22(13-14-30)24(18-5-7-19(27)8-6-18)23(26(29-25)17(3)4)15-31-21-11-9-20(28)10-12-21/h5-12,16-17,30H,13-15H2,1-4H3. The molecule has 0 bridgehead atoms. The maximum absolute atomic E-state index is 13.3. The fourth-order valence-corrected chi connectivity index (χ4v) is 4.88. The molecule has 0 fully saturated rings. The maximum atomic E-state index is 13.3. The average Bonchev–Trinajstić information content (AvgIpc) is 2.73. The smallest absolute Gasteiger partial charge is 0.123 e. The van der Waals surface area contributed by atoms with Crippen molar-refractivity contribution in [2.75, 3.05) is 6.61 Å². The number of aromatic nitrogens is 1. The van der Waals surface area contributed by atoms with Gasteiger partial charge >= 0.3 is 0 Å². The van der Waals surface area contributed by atoms with E-state index < -0.39 is 0 Å². The number of hydrogen-bond donors (Lipinski definition) is 1. The van der Waals surface area contributed by atoms with Crippen LogP contribution in [-0.4, -0.2) is 16.7 Å². The lowest BCUT2D eigenvalue weighted by Gasteiger charge is -2.25. The van der Waals surface area contributed by atoms with Crippen molar-refractivity contribution in [3.63, 3.8) is 0 Å². The van der Waals surface area contributed by atoms with Gasteiger partial charge < -0.3 is 5.11 Å². The van der Waals surface area contributed by atoms with Crippen molar-refractivity contribution in [1.29, 1.82) is 0 Å². The van der Waals surface area contributed by atoms with Crippen LogP contribution in [0.4, 0.5) is 4.39 Å². The summed E-state index contributed by atoms with van der Waals surface area (Å²) >= 11 is 7.84. The van der Waals surface area contributed by atoms with Gasteiger partial charge in [-0.3, -0.25) is 4.98 Å². The Labute approximate surface area is 193 Å². The molecule has 2 aromatic carbocycles. The number of benzene rings is 2. The van der Waals surface area contributed by atoms with Crippen LogP contribution in [0.2, 0.25) is 5.02 Å². The van der Waals surface area contributed by atoms with Gasteiger partial charge in [-0.25, -0.2) is 4.39 Å². The molecule has 0 saturated heterocycles. The Morgan fingerprint density at radius 3 is 2.03 bits per heavy atom. The number of halogens is 2. The van der Waals surface area contributed by atoms with E-state index in [0.29, 0.717) is 17.2 Å². The summed E-state index contributed by atoms with van der Waals surface area (Å²) in [6.45, 7) is 8.68. The first kappa shape index (κ1) is 23.8. The zero-order valence-corrected chi connectivity index (χ0v) is 20.0. The molecule has 5 heteroatoms. The highest BCUT2D eigenvalue weighted by Gasteiger charge is 2.23. The minimum atomic E-state index is -0.234. The number of pyridine rings is 1. The van der Waals surface area contributed by atoms with E-state index in [1.54, 1.807) is 11.8 Å². The fourth-order valence-electron chi connectivity index (χ4n) is 3.82. The van der Waals surface area contributed by atoms with Gasteiger partial charge in [0.05, 0.1) is 0 Å². The molecular formula is C26H29ClFNOS. The third kappa shape index (κ3) is 5.68. The summed E-state index contributed by atoms with van der Waals surface area (Å²) in [4.78, 5) is 6.12. The molecule has 0 aliphatic carbocycles. The lowest BCUT2D eigenvalue weighted by atomic mass is 9.86. The van der Waals surface area contributed by atoms with Gasteiger partial charge in [-0.05, 0) is 76.9 Å². The molecule has 31 heavy (non-hydrogen) atoms. The zero-order valence-electron chi connectivity index (χ0n) is 18.5. The highest BCUT2D eigenvalue weighted by atomic mass is 35.5. The molecule has 0 atom stereocenters. The van der Waals surface area contributed by atoms with Crippen LogP contribution in [0.3, 0.4) is 0 Å². The van der Waals surface area contributed by atoms with Gasteiger partial charge in [0.2, 0.25) is 0 Å². The molecular weight excluding hydrogens is 429 g/mol. The van der Waals surface area contributed by atoms with Gasteiger partial charge in [-0.1, -0.05) is 51.4 Å². The second kappa shape index (κ2) is 10.6. The Kier molecular flexibility index (Phi) is 8.15. The Hall–Kier alpha value is -1.88. The molecule has 164 valence electrons. The second-order valence-corrected chi connectivity index (χ2v) is 9.73. The molecule has 0 unspecified atom stereocenters. The van der Waals surface area contributed by atoms with Crippen LogP contribution in [0.15, 0.2) is 53.4 Å². The van der Waals surface area contributed by atoms with Crippen molar-refractivity contribution in [2.45, 2.75) is 56.6 Å². The lowest BCUT2D eigenvalue weighted by molar-refractivity contribution is 0.299. The van der Waals surface area contributed by atoms with Crippen molar-refractivity contribution in [1.82, 2.24) is 4.98 Å². The van der Waals surface area contributed by atoms with Gasteiger partial charge in [-0.15, -0.1) is 11.8 Å². The fraction of sp³-hybridized carbons (Fsp3) is 0.346. The van der Waals surface area contributed by atoms with E-state index in [-0.39, 0.29) is 24.3 Å². The van der Waals surface area contributed by atoms with Crippen molar-refractivity contribution in [3.8, 4) is 11.1 Å². The number of aliphatic hydroxyl groups is 1. The van der Waals surface area contributed by atoms with E-state index >= 15 is 0 Å². The summed E-state index contributed by atoms with van der Waals surface area (Å²) in [5.41, 5.74) is 6.60. The van der Waals surface area contributed by atoms with Crippen LogP contribution in [0.5, 0.6) is 0 Å². The summed E-state index contributed by atoms with van der Waals surface area (Å²) in [7, 11) is 0. The molecule has 1 aromatic heterocycles. The molecule has 0 aliphatic rings. The van der Waals surface area contributed by atoms with Crippen LogP contribution in [0, 0.1) is 5.82 Å². The van der Waals surface area contributed by atoms with Gasteiger partial charge in [-0.2, -0.15) is 0 Å². The Morgan fingerprint density at radius 2 is 1.48 bits per heavy atom. The van der Waals surface area contributed by atoms with E-state index in [2.05, 4.69) is 27.7 Å². The summed E-state index contributed by atoms with van der Waals surface area (Å²) in [6, 6.07) is 14.5. The molecule has 2 nitrogen and oxygen atoms in total. The van der Waals surface area contributed by atoms with Crippen LogP contribution < -0.4 is 0 Å². The van der Waals surface area contributed by atoms with Gasteiger partial charge in [0, 0.05) is 33.7 Å². The summed E-state index contributed by atoms with van der Waals surface area (Å²) in [5.74, 6) is 0.961. The Bertz CT molecular complexity index is 1020. The van der Waals surface area contributed by atoms with Crippen molar-refractivity contribution < 1.29 is 9.50 Å². The number of aliphatic hydroxyl groups excluding tert-OH is 1. The van der Waals surface area contributed by atoms with Crippen molar-refractivity contribution in [2.24, 2.45) is 0 Å². The first-order chi connectivity index (χ1) is 14.8. The minimum absolute atomic E-state index is 0.0631. The third-order valence-corrected chi connectivity index (χ3v) is 6.54. The highest BCUT2D eigenvalue weighted by Crippen LogP contribution is 2.40. The molecule has 1 heterocycles. The maximum Gasteiger partial charge on any atom is 0.123 e. The van der Waals surface area contributed by atoms with Crippen LogP contribution in [0.1, 0.15) is 62.0 Å². The summed E-state index contributed by atoms with van der Waals surface area (Å²) in [6.07, 6.45) is 0.547. The lowest BCUT2D eigenvalue weighted by Crippen LogP contribution is -2.13. The number of hydrogen-bond acceptors (Lipinski definition) is 3. The minimum Gasteiger partial charge on any atom is -0.396 e. The van der Waals surface area contributed by atoms with E-state index in [9.17, 15) is 9.50 Å². The number of thioether (sulfide) groups is 1. The molecule has 3 aromatic rings. The average molecular weight is 458 g/mol. The predicted molar refractivity (Wildman–Crippen MR) is 130 cm³/mol. The first-order valence-corrected chi connectivity index (χ1v) is 12.0. The van der Waals surface area contributed by atoms with E-state index in [0.717, 1.165) is 33.0 Å². The number of rotatable bonds is 8. The van der Waals surface area contributed by atoms with Gasteiger partial charge in [0.25, 0.3) is 0 Å². The predicted octanol–water partition coefficient (Wildman–Crippen LogP) is 7.62. The summed E-state index contributed by atoms with van der Waals surface area (Å²) in [5, 5.41) is 10.5. The summed E-state index contributed by atoms with van der Waals surface area (Å²) < 4.78 is 13.3. The van der Waals surface area contributed by atoms with Gasteiger partial charge in [0.15, 0.2) is 0 Å². The molecule has 0 spiro atoms. The quantitative estimate of drug-likeness (QED) is 0.353. The van der Waals surface area contributed by atoms with Crippen molar-refractivity contribution >= 4 is 23.4 Å². The zero-order chi connectivity index (χ0) is 22.5. The third-order valence-electron chi connectivity index (χ3n) is 5.25. The molecule has 0 amide bonds. The van der Waals surface area contributed by atoms with E-state index in [1.165, 1.54) is 17.7 Å². The first-order valence-electron chi connectivity index (χ1n) is 10.6. The highest BCUT2D eigenvalue weighted by molar-refractivity contribution is 7.98. The normalized spacial score (nSPS) is 11.5. The van der Waals surface area contributed by atoms with Crippen LogP contribution >= 0.6 is 23.4 Å². The molecule has 1 N–H and O–H groups in total. The Morgan fingerprint density at radius 1 is 0.903 bits per heavy atom. The largest absolute Gasteiger partial charge is 0.396 e. The molecule has 3 rings (SSSR count). The SMILES string of the molecule is CC(C)c1nc(C(C)C)c(CSc2ccc(F)cc2)c(-c2ccc(Cl)cc2)c1CCO. The topological polar surface area (TPSA) is 33.1 Å².